The molecule has 16 heteroatoms. The quantitative estimate of drug-likeness (QED) is 0.154. The molecule has 3 aliphatic rings. The van der Waals surface area contributed by atoms with Crippen molar-refractivity contribution in [2.45, 2.75) is 92.1 Å². The van der Waals surface area contributed by atoms with Gasteiger partial charge in [0.1, 0.15) is 73.2 Å². The highest BCUT2D eigenvalue weighted by Gasteiger charge is 2.51. The molecule has 15 atom stereocenters. The van der Waals surface area contributed by atoms with Crippen LogP contribution in [0.2, 0.25) is 0 Å². The van der Waals surface area contributed by atoms with Crippen LogP contribution in [0.3, 0.4) is 0 Å². The highest BCUT2D eigenvalue weighted by Crippen LogP contribution is 2.29. The van der Waals surface area contributed by atoms with Crippen molar-refractivity contribution in [2.24, 2.45) is 0 Å². The molecule has 0 aromatic carbocycles. The van der Waals surface area contributed by atoms with Gasteiger partial charge in [-0.15, -0.1) is 0 Å². The van der Waals surface area contributed by atoms with E-state index < -0.39 is 112 Å². The van der Waals surface area contributed by atoms with E-state index in [1.807, 2.05) is 0 Å². The second kappa shape index (κ2) is 11.6. The van der Waals surface area contributed by atoms with Crippen LogP contribution in [-0.2, 0) is 23.7 Å². The van der Waals surface area contributed by atoms with Gasteiger partial charge in [-0.2, -0.15) is 0 Å². The van der Waals surface area contributed by atoms with Crippen molar-refractivity contribution in [3.05, 3.63) is 0 Å². The Kier molecular flexibility index (Phi) is 9.54. The van der Waals surface area contributed by atoms with E-state index >= 15 is 0 Å². The maximum atomic E-state index is 10.3. The Labute approximate surface area is 192 Å². The molecule has 11 N–H and O–H groups in total. The Hall–Kier alpha value is -0.640. The molecule has 200 valence electrons. The normalized spacial score (nSPS) is 52.5. The first-order valence-electron chi connectivity index (χ1n) is 10.6. The van der Waals surface area contributed by atoms with Crippen molar-refractivity contribution in [1.29, 1.82) is 0 Å². The van der Waals surface area contributed by atoms with E-state index in [-0.39, 0.29) is 0 Å². The second-order valence-corrected chi connectivity index (χ2v) is 8.37. The van der Waals surface area contributed by atoms with Crippen molar-refractivity contribution in [3.8, 4) is 0 Å². The molecule has 34 heavy (non-hydrogen) atoms. The highest BCUT2D eigenvalue weighted by molar-refractivity contribution is 4.94. The van der Waals surface area contributed by atoms with Gasteiger partial charge in [0.15, 0.2) is 18.9 Å². The largest absolute Gasteiger partial charge is 0.394 e. The van der Waals surface area contributed by atoms with Crippen molar-refractivity contribution in [1.82, 2.24) is 0 Å². The zero-order valence-electron chi connectivity index (χ0n) is 17.7. The van der Waals surface area contributed by atoms with Crippen LogP contribution in [0.25, 0.3) is 0 Å². The first-order valence-corrected chi connectivity index (χ1v) is 10.6. The molecule has 0 saturated carbocycles. The molecule has 0 unspecified atom stereocenters. The van der Waals surface area contributed by atoms with E-state index in [1.54, 1.807) is 0 Å². The molecule has 3 saturated heterocycles. The summed E-state index contributed by atoms with van der Waals surface area (Å²) in [6.45, 7) is -2.07. The minimum atomic E-state index is -1.87. The number of aliphatic hydroxyl groups excluding tert-OH is 11. The molecule has 0 radical (unpaired) electrons. The average Bonchev–Trinajstić information content (AvgIpc) is 2.82. The molecule has 0 aromatic heterocycles. The summed E-state index contributed by atoms with van der Waals surface area (Å²) in [5.41, 5.74) is 0. The fourth-order valence-corrected chi connectivity index (χ4v) is 3.95. The summed E-state index contributed by atoms with van der Waals surface area (Å²) in [6, 6.07) is 0. The molecule has 3 heterocycles. The first kappa shape index (κ1) is 27.9. The lowest BCUT2D eigenvalue weighted by molar-refractivity contribution is -0.362. The van der Waals surface area contributed by atoms with Crippen LogP contribution in [0.4, 0.5) is 0 Å². The lowest BCUT2D eigenvalue weighted by atomic mass is 9.97. The van der Waals surface area contributed by atoms with Crippen LogP contribution >= 0.6 is 0 Å². The molecule has 0 amide bonds. The van der Waals surface area contributed by atoms with Crippen molar-refractivity contribution in [3.63, 3.8) is 0 Å². The number of rotatable bonds is 7. The number of hydrogen-bond acceptors (Lipinski definition) is 16. The molecule has 16 nitrogen and oxygen atoms in total. The van der Waals surface area contributed by atoms with Crippen LogP contribution < -0.4 is 0 Å². The summed E-state index contributed by atoms with van der Waals surface area (Å²) in [5, 5.41) is 109. The van der Waals surface area contributed by atoms with Gasteiger partial charge in [-0.3, -0.25) is 0 Å². The molecule has 0 aliphatic carbocycles. The summed E-state index contributed by atoms with van der Waals surface area (Å²) in [5.74, 6) is 0. The average molecular weight is 504 g/mol. The molecule has 0 bridgehead atoms. The zero-order chi connectivity index (χ0) is 25.3. The molecule has 3 fully saturated rings. The van der Waals surface area contributed by atoms with Crippen LogP contribution in [-0.4, -0.2) is 168 Å². The van der Waals surface area contributed by atoms with Gasteiger partial charge in [-0.1, -0.05) is 0 Å². The predicted octanol–water partition coefficient (Wildman–Crippen LogP) is -7.57. The fraction of sp³-hybridized carbons (Fsp3) is 1.00. The highest BCUT2D eigenvalue weighted by atomic mass is 16.7. The minimum Gasteiger partial charge on any atom is -0.394 e. The Balaban J connectivity index is 1.66. The third kappa shape index (κ3) is 5.52. The van der Waals surface area contributed by atoms with Gasteiger partial charge in [0.05, 0.1) is 19.8 Å². The number of aliphatic hydroxyl groups is 11. The summed E-state index contributed by atoms with van der Waals surface area (Å²) >= 11 is 0. The Morgan fingerprint density at radius 1 is 0.500 bits per heavy atom. The Morgan fingerprint density at radius 3 is 1.62 bits per heavy atom. The van der Waals surface area contributed by atoms with Crippen molar-refractivity contribution in [2.75, 3.05) is 19.8 Å². The molecular formula is C18H32O16. The monoisotopic (exact) mass is 504 g/mol. The van der Waals surface area contributed by atoms with E-state index in [1.165, 1.54) is 0 Å². The third-order valence-electron chi connectivity index (χ3n) is 6.07. The van der Waals surface area contributed by atoms with E-state index in [9.17, 15) is 56.2 Å². The minimum absolute atomic E-state index is 0.609. The van der Waals surface area contributed by atoms with E-state index in [0.717, 1.165) is 0 Å². The van der Waals surface area contributed by atoms with Gasteiger partial charge >= 0.3 is 0 Å². The first-order chi connectivity index (χ1) is 16.0. The van der Waals surface area contributed by atoms with E-state index in [2.05, 4.69) is 0 Å². The Morgan fingerprint density at radius 2 is 1.03 bits per heavy atom. The second-order valence-electron chi connectivity index (χ2n) is 8.37. The maximum absolute atomic E-state index is 10.3. The topological polar surface area (TPSA) is 269 Å². The van der Waals surface area contributed by atoms with Crippen molar-refractivity contribution >= 4 is 0 Å². The summed E-state index contributed by atoms with van der Waals surface area (Å²) in [4.78, 5) is 0. The third-order valence-corrected chi connectivity index (χ3v) is 6.07. The molecule has 3 rings (SSSR count). The van der Waals surface area contributed by atoms with E-state index in [4.69, 9.17) is 23.7 Å². The molecule has 0 spiro atoms. The Bertz CT molecular complexity index is 637. The van der Waals surface area contributed by atoms with Crippen LogP contribution in [0.5, 0.6) is 0 Å². The zero-order valence-corrected chi connectivity index (χ0v) is 17.7. The number of hydrogen-bond donors (Lipinski definition) is 11. The molecular weight excluding hydrogens is 472 g/mol. The summed E-state index contributed by atoms with van der Waals surface area (Å²) < 4.78 is 26.3. The standard InChI is InChI=1S/C18H32O16/c19-1-4-7(21)9(23)13(27)17(32-4)30-3-6-8(22)10(24)14(28)18(33-6)34-15-5(2-20)31-16(29)12(26)11(15)25/h4-29H,1-3H2/t4-,5-,6-,7+,8-,9+,10+,11-,12+,13-,14+,15-,16-,17+,18+/m1/s1. The molecule has 3 aliphatic heterocycles. The lowest BCUT2D eigenvalue weighted by Crippen LogP contribution is -2.65. The molecule has 0 aromatic rings. The summed E-state index contributed by atoms with van der Waals surface area (Å²) in [7, 11) is 0. The van der Waals surface area contributed by atoms with Crippen molar-refractivity contribution < 1.29 is 79.9 Å². The van der Waals surface area contributed by atoms with Crippen LogP contribution in [0.15, 0.2) is 0 Å². The van der Waals surface area contributed by atoms with Gasteiger partial charge in [0, 0.05) is 0 Å². The maximum Gasteiger partial charge on any atom is 0.187 e. The smallest absolute Gasteiger partial charge is 0.187 e. The summed E-state index contributed by atoms with van der Waals surface area (Å²) in [6.07, 6.45) is -24.9. The predicted molar refractivity (Wildman–Crippen MR) is 101 cm³/mol. The van der Waals surface area contributed by atoms with Crippen LogP contribution in [0.1, 0.15) is 0 Å². The van der Waals surface area contributed by atoms with Crippen LogP contribution in [0, 0.1) is 0 Å². The van der Waals surface area contributed by atoms with E-state index in [0.29, 0.717) is 0 Å². The van der Waals surface area contributed by atoms with Gasteiger partial charge in [0.25, 0.3) is 0 Å². The fourth-order valence-electron chi connectivity index (χ4n) is 3.95. The lowest BCUT2D eigenvalue weighted by Gasteiger charge is -2.45. The number of ether oxygens (including phenoxy) is 5. The van der Waals surface area contributed by atoms with Gasteiger partial charge < -0.3 is 79.9 Å². The SMILES string of the molecule is OC[C@H]1O[C@H](OC[C@H]2O[C@@H](O[C@H]3[C@H](O)[C@H](O)[C@H](O)O[C@@H]3CO)[C@@H](O)[C@@H](O)[C@@H]2O)[C@H](O)[C@@H](O)[C@H]1O. The van der Waals surface area contributed by atoms with Gasteiger partial charge in [-0.25, -0.2) is 0 Å². The van der Waals surface area contributed by atoms with Gasteiger partial charge in [0.2, 0.25) is 0 Å². The van der Waals surface area contributed by atoms with Gasteiger partial charge in [-0.05, 0) is 0 Å².